The molecule has 4 heteroatoms. The van der Waals surface area contributed by atoms with Crippen molar-refractivity contribution in [3.05, 3.63) is 52.0 Å². The summed E-state index contributed by atoms with van der Waals surface area (Å²) >= 11 is 12.0. The van der Waals surface area contributed by atoms with E-state index in [1.807, 2.05) is 18.3 Å². The number of hydrogen-bond acceptors (Lipinski definition) is 1. The van der Waals surface area contributed by atoms with Crippen LogP contribution in [0.25, 0.3) is 0 Å². The molecule has 0 spiro atoms. The van der Waals surface area contributed by atoms with Gasteiger partial charge in [-0.2, -0.15) is 0 Å². The molecule has 1 aromatic heterocycles. The molecule has 1 aromatic carbocycles. The Balaban J connectivity index is 2.41. The van der Waals surface area contributed by atoms with E-state index in [9.17, 15) is 0 Å². The van der Waals surface area contributed by atoms with Crippen molar-refractivity contribution in [2.75, 3.05) is 0 Å². The van der Waals surface area contributed by atoms with Gasteiger partial charge in [0, 0.05) is 27.9 Å². The summed E-state index contributed by atoms with van der Waals surface area (Å²) in [5, 5.41) is 1.33. The highest BCUT2D eigenvalue weighted by Gasteiger charge is 2.14. The van der Waals surface area contributed by atoms with Gasteiger partial charge in [-0.1, -0.05) is 30.1 Å². The minimum Gasteiger partial charge on any atom is -0.348 e. The summed E-state index contributed by atoms with van der Waals surface area (Å²) in [6.07, 6.45) is 4.49. The molecule has 0 fully saturated rings. The number of benzene rings is 1. The zero-order chi connectivity index (χ0) is 11.5. The first-order valence-electron chi connectivity index (χ1n) is 5.15. The molecule has 1 N–H and O–H groups in total. The van der Waals surface area contributed by atoms with Gasteiger partial charge in [-0.25, -0.2) is 4.98 Å². The van der Waals surface area contributed by atoms with Crippen LogP contribution < -0.4 is 0 Å². The normalized spacial score (nSPS) is 12.7. The van der Waals surface area contributed by atoms with E-state index in [1.54, 1.807) is 12.4 Å². The Morgan fingerprint density at radius 3 is 2.44 bits per heavy atom. The highest BCUT2D eigenvalue weighted by atomic mass is 35.5. The minimum absolute atomic E-state index is 0.263. The molecule has 1 heterocycles. The lowest BCUT2D eigenvalue weighted by atomic mass is 9.94. The van der Waals surface area contributed by atoms with Crippen molar-refractivity contribution in [2.45, 2.75) is 19.3 Å². The van der Waals surface area contributed by atoms with Gasteiger partial charge in [0.1, 0.15) is 0 Å². The zero-order valence-electron chi connectivity index (χ0n) is 8.87. The predicted molar refractivity (Wildman–Crippen MR) is 67.2 cm³/mol. The van der Waals surface area contributed by atoms with Crippen molar-refractivity contribution >= 4 is 23.2 Å². The monoisotopic (exact) mass is 254 g/mol. The van der Waals surface area contributed by atoms with E-state index in [1.165, 1.54) is 0 Å². The lowest BCUT2D eigenvalue weighted by Crippen LogP contribution is -2.00. The molecule has 0 bridgehead atoms. The second-order valence-electron chi connectivity index (χ2n) is 3.67. The number of nitrogens with one attached hydrogen (secondary N) is 1. The minimum atomic E-state index is 0.263. The fourth-order valence-corrected chi connectivity index (χ4v) is 2.41. The standard InChI is InChI=1S/C12H12Cl2N2/c1-2-11(12-6-15-7-16-12)8-3-9(13)5-10(14)4-8/h3-7,11H,2H2,1H3,(H,15,16). The number of rotatable bonds is 3. The molecular weight excluding hydrogens is 243 g/mol. The van der Waals surface area contributed by atoms with Crippen LogP contribution in [0.1, 0.15) is 30.5 Å². The lowest BCUT2D eigenvalue weighted by Gasteiger charge is -2.14. The van der Waals surface area contributed by atoms with Gasteiger partial charge in [-0.15, -0.1) is 0 Å². The van der Waals surface area contributed by atoms with Crippen molar-refractivity contribution in [3.63, 3.8) is 0 Å². The number of nitrogens with zero attached hydrogens (tertiary/aromatic N) is 1. The van der Waals surface area contributed by atoms with E-state index in [4.69, 9.17) is 23.2 Å². The molecule has 0 amide bonds. The van der Waals surface area contributed by atoms with E-state index in [0.29, 0.717) is 10.0 Å². The Morgan fingerprint density at radius 2 is 1.94 bits per heavy atom. The van der Waals surface area contributed by atoms with Crippen LogP contribution in [0.4, 0.5) is 0 Å². The van der Waals surface area contributed by atoms with Gasteiger partial charge in [0.2, 0.25) is 0 Å². The third-order valence-electron chi connectivity index (χ3n) is 2.59. The topological polar surface area (TPSA) is 28.7 Å². The maximum Gasteiger partial charge on any atom is 0.0921 e. The summed E-state index contributed by atoms with van der Waals surface area (Å²) in [5.74, 6) is 0.263. The quantitative estimate of drug-likeness (QED) is 0.872. The Hall–Kier alpha value is -0.990. The van der Waals surface area contributed by atoms with Crippen LogP contribution in [0.3, 0.4) is 0 Å². The average molecular weight is 255 g/mol. The molecule has 2 rings (SSSR count). The van der Waals surface area contributed by atoms with Crippen LogP contribution in [0.5, 0.6) is 0 Å². The first kappa shape index (κ1) is 11.5. The molecule has 16 heavy (non-hydrogen) atoms. The van der Waals surface area contributed by atoms with Crippen molar-refractivity contribution in [2.24, 2.45) is 0 Å². The molecule has 0 saturated carbocycles. The highest BCUT2D eigenvalue weighted by Crippen LogP contribution is 2.30. The fraction of sp³-hybridized carbons (Fsp3) is 0.250. The van der Waals surface area contributed by atoms with Crippen LogP contribution >= 0.6 is 23.2 Å². The van der Waals surface area contributed by atoms with Gasteiger partial charge in [-0.05, 0) is 30.2 Å². The molecule has 0 aliphatic heterocycles. The number of hydrogen-bond donors (Lipinski definition) is 1. The highest BCUT2D eigenvalue weighted by molar-refractivity contribution is 6.34. The summed E-state index contributed by atoms with van der Waals surface area (Å²) in [6, 6.07) is 5.64. The maximum atomic E-state index is 6.00. The van der Waals surface area contributed by atoms with Crippen molar-refractivity contribution < 1.29 is 0 Å². The van der Waals surface area contributed by atoms with Crippen LogP contribution in [-0.4, -0.2) is 9.97 Å². The lowest BCUT2D eigenvalue weighted by molar-refractivity contribution is 0.755. The van der Waals surface area contributed by atoms with Crippen LogP contribution in [0, 0.1) is 0 Å². The SMILES string of the molecule is CCC(c1cc(Cl)cc(Cl)c1)c1cnc[nH]1. The molecule has 84 valence electrons. The van der Waals surface area contributed by atoms with Crippen molar-refractivity contribution in [1.29, 1.82) is 0 Å². The van der Waals surface area contributed by atoms with Crippen LogP contribution in [0.2, 0.25) is 10.0 Å². The second-order valence-corrected chi connectivity index (χ2v) is 4.54. The van der Waals surface area contributed by atoms with Gasteiger partial charge >= 0.3 is 0 Å². The smallest absolute Gasteiger partial charge is 0.0921 e. The molecule has 0 aliphatic rings. The average Bonchev–Trinajstić information content (AvgIpc) is 2.70. The summed E-state index contributed by atoms with van der Waals surface area (Å²) in [5.41, 5.74) is 2.20. The molecule has 0 aliphatic carbocycles. The van der Waals surface area contributed by atoms with Gasteiger partial charge in [0.05, 0.1) is 6.33 Å². The summed E-state index contributed by atoms with van der Waals surface area (Å²) < 4.78 is 0. The van der Waals surface area contributed by atoms with Gasteiger partial charge < -0.3 is 4.98 Å². The molecule has 1 atom stereocenters. The predicted octanol–water partition coefficient (Wildman–Crippen LogP) is 4.26. The number of H-pyrrole nitrogens is 1. The summed E-state index contributed by atoms with van der Waals surface area (Å²) in [4.78, 5) is 7.17. The molecule has 0 saturated heterocycles. The summed E-state index contributed by atoms with van der Waals surface area (Å²) in [6.45, 7) is 2.13. The van der Waals surface area contributed by atoms with Gasteiger partial charge in [0.25, 0.3) is 0 Å². The Morgan fingerprint density at radius 1 is 1.25 bits per heavy atom. The molecule has 0 radical (unpaired) electrons. The molecule has 2 aromatic rings. The van der Waals surface area contributed by atoms with E-state index in [-0.39, 0.29) is 5.92 Å². The van der Waals surface area contributed by atoms with E-state index < -0.39 is 0 Å². The largest absolute Gasteiger partial charge is 0.348 e. The Kier molecular flexibility index (Phi) is 3.52. The zero-order valence-corrected chi connectivity index (χ0v) is 10.4. The second kappa shape index (κ2) is 4.89. The Labute approximate surface area is 105 Å². The third kappa shape index (κ3) is 2.39. The van der Waals surface area contributed by atoms with Gasteiger partial charge in [0.15, 0.2) is 0 Å². The van der Waals surface area contributed by atoms with E-state index in [2.05, 4.69) is 16.9 Å². The van der Waals surface area contributed by atoms with Crippen LogP contribution in [-0.2, 0) is 0 Å². The molecule has 2 nitrogen and oxygen atoms in total. The van der Waals surface area contributed by atoms with Crippen LogP contribution in [0.15, 0.2) is 30.7 Å². The third-order valence-corrected chi connectivity index (χ3v) is 3.03. The van der Waals surface area contributed by atoms with Crippen molar-refractivity contribution in [3.8, 4) is 0 Å². The molecular formula is C12H12Cl2N2. The Bertz CT molecular complexity index is 446. The van der Waals surface area contributed by atoms with Crippen molar-refractivity contribution in [1.82, 2.24) is 9.97 Å². The fourth-order valence-electron chi connectivity index (χ4n) is 1.87. The first-order chi connectivity index (χ1) is 7.70. The van der Waals surface area contributed by atoms with E-state index >= 15 is 0 Å². The molecule has 1 unspecified atom stereocenters. The number of aromatic amines is 1. The van der Waals surface area contributed by atoms with E-state index in [0.717, 1.165) is 17.7 Å². The first-order valence-corrected chi connectivity index (χ1v) is 5.90. The van der Waals surface area contributed by atoms with Gasteiger partial charge in [-0.3, -0.25) is 0 Å². The number of halogens is 2. The summed E-state index contributed by atoms with van der Waals surface area (Å²) in [7, 11) is 0. The number of imidazole rings is 1. The number of aromatic nitrogens is 2. The maximum absolute atomic E-state index is 6.00.